The highest BCUT2D eigenvalue weighted by Crippen LogP contribution is 2.29. The van der Waals surface area contributed by atoms with E-state index in [1.165, 1.54) is 6.07 Å². The summed E-state index contributed by atoms with van der Waals surface area (Å²) in [4.78, 5) is 18.8. The highest BCUT2D eigenvalue weighted by molar-refractivity contribution is 5.99. The molecule has 5 heteroatoms. The Labute approximate surface area is 125 Å². The molecule has 1 aliphatic rings. The minimum absolute atomic E-state index is 0.113. The fraction of sp³-hybridized carbons (Fsp3) is 0.625. The SMILES string of the molecule is CCCNc1ncc(F)cc1C(=O)N1C(C)CCC1CC. The maximum atomic E-state index is 13.5. The van der Waals surface area contributed by atoms with Crippen molar-refractivity contribution in [1.29, 1.82) is 0 Å². The number of nitrogens with zero attached hydrogens (tertiary/aromatic N) is 2. The van der Waals surface area contributed by atoms with Gasteiger partial charge in [-0.1, -0.05) is 13.8 Å². The van der Waals surface area contributed by atoms with Gasteiger partial charge in [0.05, 0.1) is 11.8 Å². The Balaban J connectivity index is 2.30. The van der Waals surface area contributed by atoms with Crippen molar-refractivity contribution in [2.75, 3.05) is 11.9 Å². The number of anilines is 1. The Kier molecular flexibility index (Phi) is 5.15. The molecule has 116 valence electrons. The quantitative estimate of drug-likeness (QED) is 0.904. The van der Waals surface area contributed by atoms with Crippen molar-refractivity contribution < 1.29 is 9.18 Å². The molecule has 2 heterocycles. The maximum Gasteiger partial charge on any atom is 0.258 e. The van der Waals surface area contributed by atoms with E-state index in [-0.39, 0.29) is 18.0 Å². The van der Waals surface area contributed by atoms with Crippen molar-refractivity contribution in [3.8, 4) is 0 Å². The number of carbonyl (C=O) groups excluding carboxylic acids is 1. The van der Waals surface area contributed by atoms with Gasteiger partial charge in [0.25, 0.3) is 5.91 Å². The number of aromatic nitrogens is 1. The van der Waals surface area contributed by atoms with Crippen LogP contribution in [0.1, 0.15) is 56.8 Å². The molecule has 2 atom stereocenters. The number of hydrogen-bond acceptors (Lipinski definition) is 3. The smallest absolute Gasteiger partial charge is 0.258 e. The molecule has 1 N–H and O–H groups in total. The minimum Gasteiger partial charge on any atom is -0.369 e. The van der Waals surface area contributed by atoms with E-state index in [2.05, 4.69) is 24.1 Å². The average molecular weight is 293 g/mol. The number of hydrogen-bond donors (Lipinski definition) is 1. The fourth-order valence-electron chi connectivity index (χ4n) is 2.96. The molecule has 2 rings (SSSR count). The van der Waals surface area contributed by atoms with Crippen LogP contribution in [0.3, 0.4) is 0 Å². The first-order valence-electron chi connectivity index (χ1n) is 7.80. The summed E-state index contributed by atoms with van der Waals surface area (Å²) in [5.74, 6) is -0.102. The first kappa shape index (κ1) is 15.7. The van der Waals surface area contributed by atoms with Crippen molar-refractivity contribution in [1.82, 2.24) is 9.88 Å². The van der Waals surface area contributed by atoms with Crippen LogP contribution in [0.4, 0.5) is 10.2 Å². The molecular formula is C16H24FN3O. The van der Waals surface area contributed by atoms with E-state index in [1.807, 2.05) is 11.8 Å². The Morgan fingerprint density at radius 2 is 2.24 bits per heavy atom. The number of likely N-dealkylation sites (tertiary alicyclic amines) is 1. The molecule has 0 bridgehead atoms. The van der Waals surface area contributed by atoms with Crippen LogP contribution >= 0.6 is 0 Å². The highest BCUT2D eigenvalue weighted by Gasteiger charge is 2.34. The van der Waals surface area contributed by atoms with Crippen LogP contribution in [0.5, 0.6) is 0 Å². The van der Waals surface area contributed by atoms with Crippen LogP contribution in [0.2, 0.25) is 0 Å². The second kappa shape index (κ2) is 6.87. The molecule has 1 amide bonds. The van der Waals surface area contributed by atoms with Gasteiger partial charge >= 0.3 is 0 Å². The van der Waals surface area contributed by atoms with Crippen molar-refractivity contribution in [2.24, 2.45) is 0 Å². The Bertz CT molecular complexity index is 506. The molecule has 1 aromatic heterocycles. The summed E-state index contributed by atoms with van der Waals surface area (Å²) in [5.41, 5.74) is 0.343. The van der Waals surface area contributed by atoms with Gasteiger partial charge in [-0.25, -0.2) is 9.37 Å². The topological polar surface area (TPSA) is 45.2 Å². The number of amides is 1. The Hall–Kier alpha value is -1.65. The number of halogens is 1. The lowest BCUT2D eigenvalue weighted by Crippen LogP contribution is -2.40. The van der Waals surface area contributed by atoms with Crippen LogP contribution in [-0.4, -0.2) is 34.4 Å². The molecule has 1 aliphatic heterocycles. The van der Waals surface area contributed by atoms with Gasteiger partial charge in [0.1, 0.15) is 11.6 Å². The molecule has 1 aromatic rings. The third-order valence-electron chi connectivity index (χ3n) is 4.12. The molecule has 1 saturated heterocycles. The van der Waals surface area contributed by atoms with E-state index in [0.717, 1.165) is 31.9 Å². The zero-order chi connectivity index (χ0) is 15.4. The van der Waals surface area contributed by atoms with Crippen LogP contribution < -0.4 is 5.32 Å². The van der Waals surface area contributed by atoms with Crippen molar-refractivity contribution in [3.63, 3.8) is 0 Å². The lowest BCUT2D eigenvalue weighted by atomic mass is 10.1. The monoisotopic (exact) mass is 293 g/mol. The number of rotatable bonds is 5. The zero-order valence-electron chi connectivity index (χ0n) is 13.0. The summed E-state index contributed by atoms with van der Waals surface area (Å²) in [6.45, 7) is 6.89. The van der Waals surface area contributed by atoms with E-state index in [4.69, 9.17) is 0 Å². The molecule has 2 unspecified atom stereocenters. The van der Waals surface area contributed by atoms with Gasteiger partial charge in [-0.3, -0.25) is 4.79 Å². The van der Waals surface area contributed by atoms with Crippen molar-refractivity contribution in [3.05, 3.63) is 23.6 Å². The summed E-state index contributed by atoms with van der Waals surface area (Å²) in [6, 6.07) is 1.74. The van der Waals surface area contributed by atoms with Gasteiger partial charge in [-0.05, 0) is 38.7 Å². The molecule has 21 heavy (non-hydrogen) atoms. The van der Waals surface area contributed by atoms with Crippen molar-refractivity contribution in [2.45, 2.75) is 58.5 Å². The number of carbonyl (C=O) groups is 1. The van der Waals surface area contributed by atoms with Crippen LogP contribution in [0.15, 0.2) is 12.3 Å². The van der Waals surface area contributed by atoms with Crippen LogP contribution in [-0.2, 0) is 0 Å². The van der Waals surface area contributed by atoms with Crippen molar-refractivity contribution >= 4 is 11.7 Å². The third-order valence-corrected chi connectivity index (χ3v) is 4.12. The second-order valence-corrected chi connectivity index (χ2v) is 5.68. The van der Waals surface area contributed by atoms with Gasteiger partial charge in [0, 0.05) is 18.6 Å². The largest absolute Gasteiger partial charge is 0.369 e. The molecule has 4 nitrogen and oxygen atoms in total. The first-order chi connectivity index (χ1) is 10.1. The first-order valence-corrected chi connectivity index (χ1v) is 7.80. The zero-order valence-corrected chi connectivity index (χ0v) is 13.0. The summed E-state index contributed by atoms with van der Waals surface area (Å²) >= 11 is 0. The average Bonchev–Trinajstić information content (AvgIpc) is 2.86. The normalized spacial score (nSPS) is 21.6. The Morgan fingerprint density at radius 1 is 1.48 bits per heavy atom. The third kappa shape index (κ3) is 3.34. The number of pyridine rings is 1. The summed E-state index contributed by atoms with van der Waals surface area (Å²) in [6.07, 6.45) is 5.02. The van der Waals surface area contributed by atoms with Gasteiger partial charge in [0.2, 0.25) is 0 Å². The van der Waals surface area contributed by atoms with E-state index in [1.54, 1.807) is 0 Å². The molecule has 0 aromatic carbocycles. The van der Waals surface area contributed by atoms with Crippen LogP contribution in [0.25, 0.3) is 0 Å². The summed E-state index contributed by atoms with van der Waals surface area (Å²) in [5, 5.41) is 3.12. The summed E-state index contributed by atoms with van der Waals surface area (Å²) in [7, 11) is 0. The minimum atomic E-state index is -0.472. The molecule has 1 fully saturated rings. The molecular weight excluding hydrogens is 269 g/mol. The van der Waals surface area contributed by atoms with Crippen LogP contribution in [0, 0.1) is 5.82 Å². The van der Waals surface area contributed by atoms with Gasteiger partial charge in [0.15, 0.2) is 0 Å². The number of nitrogens with one attached hydrogen (secondary N) is 1. The van der Waals surface area contributed by atoms with E-state index in [9.17, 15) is 9.18 Å². The lowest BCUT2D eigenvalue weighted by Gasteiger charge is -2.28. The molecule has 0 spiro atoms. The van der Waals surface area contributed by atoms with E-state index in [0.29, 0.717) is 17.9 Å². The molecule has 0 saturated carbocycles. The maximum absolute atomic E-state index is 13.5. The lowest BCUT2D eigenvalue weighted by molar-refractivity contribution is 0.0676. The predicted octanol–water partition coefficient (Wildman–Crippen LogP) is 3.45. The van der Waals surface area contributed by atoms with Gasteiger partial charge in [-0.15, -0.1) is 0 Å². The van der Waals surface area contributed by atoms with Gasteiger partial charge < -0.3 is 10.2 Å². The molecule has 0 radical (unpaired) electrons. The Morgan fingerprint density at radius 3 is 2.90 bits per heavy atom. The van der Waals surface area contributed by atoms with E-state index < -0.39 is 5.82 Å². The predicted molar refractivity (Wildman–Crippen MR) is 81.9 cm³/mol. The van der Waals surface area contributed by atoms with Gasteiger partial charge in [-0.2, -0.15) is 0 Å². The van der Waals surface area contributed by atoms with E-state index >= 15 is 0 Å². The second-order valence-electron chi connectivity index (χ2n) is 5.68. The summed E-state index contributed by atoms with van der Waals surface area (Å²) < 4.78 is 13.5. The highest BCUT2D eigenvalue weighted by atomic mass is 19.1. The molecule has 0 aliphatic carbocycles. The fourth-order valence-corrected chi connectivity index (χ4v) is 2.96. The standard InChI is InChI=1S/C16H24FN3O/c1-4-8-18-15-14(9-12(17)10-19-15)16(21)20-11(3)6-7-13(20)5-2/h9-11,13H,4-8H2,1-3H3,(H,18,19).